The molecule has 0 spiro atoms. The zero-order valence-electron chi connectivity index (χ0n) is 19.1. The molecule has 3 amide bonds. The average Bonchev–Trinajstić information content (AvgIpc) is 3.19. The van der Waals surface area contributed by atoms with Crippen LogP contribution in [-0.4, -0.2) is 122 Å². The first-order valence-corrected chi connectivity index (χ1v) is 11.0. The molecule has 0 radical (unpaired) electrons. The van der Waals surface area contributed by atoms with E-state index in [0.29, 0.717) is 0 Å². The average molecular weight is 528 g/mol. The van der Waals surface area contributed by atoms with Gasteiger partial charge in [-0.2, -0.15) is 8.78 Å². The van der Waals surface area contributed by atoms with Crippen LogP contribution in [0, 0.1) is 0 Å². The lowest BCUT2D eigenvalue weighted by Crippen LogP contribution is -2.73. The number of rotatable bonds is 11. The van der Waals surface area contributed by atoms with Crippen molar-refractivity contribution >= 4 is 23.7 Å². The molecule has 0 unspecified atom stereocenters. The van der Waals surface area contributed by atoms with Gasteiger partial charge in [0.2, 0.25) is 5.91 Å². The maximum atomic E-state index is 14.7. The summed E-state index contributed by atoms with van der Waals surface area (Å²) < 4.78 is 33.8. The van der Waals surface area contributed by atoms with Gasteiger partial charge in [-0.15, -0.1) is 0 Å². The molecule has 2 aliphatic heterocycles. The number of aliphatic hydroxyl groups excluding tert-OH is 4. The van der Waals surface area contributed by atoms with Gasteiger partial charge in [-0.3, -0.25) is 24.5 Å². The molecule has 2 rings (SSSR count). The van der Waals surface area contributed by atoms with Crippen molar-refractivity contribution in [1.29, 1.82) is 0 Å². The van der Waals surface area contributed by atoms with Gasteiger partial charge in [-0.05, 0) is 26.2 Å². The van der Waals surface area contributed by atoms with E-state index in [4.69, 9.17) is 10.2 Å². The zero-order chi connectivity index (χ0) is 27.4. The first-order valence-electron chi connectivity index (χ1n) is 11.0. The van der Waals surface area contributed by atoms with Crippen LogP contribution in [0.2, 0.25) is 0 Å². The molecule has 2 heterocycles. The first-order chi connectivity index (χ1) is 16.7. The highest BCUT2D eigenvalue weighted by Gasteiger charge is 2.69. The minimum atomic E-state index is -4.80. The quantitative estimate of drug-likeness (QED) is 0.113. The van der Waals surface area contributed by atoms with E-state index in [-0.39, 0.29) is 25.8 Å². The molecule has 10 N–H and O–H groups in total. The molecule has 0 bridgehead atoms. The van der Waals surface area contributed by atoms with Crippen molar-refractivity contribution in [1.82, 2.24) is 21.3 Å². The third kappa shape index (κ3) is 6.05. The van der Waals surface area contributed by atoms with Crippen molar-refractivity contribution < 1.29 is 63.3 Å². The van der Waals surface area contributed by atoms with Crippen molar-refractivity contribution in [2.24, 2.45) is 0 Å². The fourth-order valence-corrected chi connectivity index (χ4v) is 3.64. The number of aliphatic carboxylic acids is 1. The van der Waals surface area contributed by atoms with Crippen molar-refractivity contribution in [2.45, 2.75) is 80.6 Å². The third-order valence-electron chi connectivity index (χ3n) is 5.87. The number of aliphatic hydroxyl groups is 5. The molecule has 17 heteroatoms. The number of alkyl halides is 2. The smallest absolute Gasteiger partial charge is 0.379 e. The lowest BCUT2D eigenvalue weighted by Gasteiger charge is -2.47. The number of unbranched alkanes of at least 4 members (excludes halogenated alkanes) is 1. The molecule has 2 saturated heterocycles. The van der Waals surface area contributed by atoms with Gasteiger partial charge in [-0.1, -0.05) is 0 Å². The molecule has 0 aromatic heterocycles. The molecule has 8 atom stereocenters. The second-order valence-electron chi connectivity index (χ2n) is 8.52. The van der Waals surface area contributed by atoms with Crippen LogP contribution in [0.1, 0.15) is 26.2 Å². The number of carboxylic acids is 1. The predicted octanol–water partition coefficient (Wildman–Crippen LogP) is -4.93. The fourth-order valence-electron chi connectivity index (χ4n) is 3.64. The molecule has 206 valence electrons. The van der Waals surface area contributed by atoms with Crippen molar-refractivity contribution in [3.05, 3.63) is 0 Å². The Kier molecular flexibility index (Phi) is 9.63. The van der Waals surface area contributed by atoms with Gasteiger partial charge in [0.25, 0.3) is 17.6 Å². The largest absolute Gasteiger partial charge is 0.480 e. The van der Waals surface area contributed by atoms with E-state index >= 15 is 0 Å². The number of hydrogen-bond acceptors (Lipinski definition) is 11. The first kappa shape index (κ1) is 29.7. The van der Waals surface area contributed by atoms with Gasteiger partial charge >= 0.3 is 11.9 Å². The maximum absolute atomic E-state index is 14.7. The Morgan fingerprint density at radius 3 is 2.42 bits per heavy atom. The Hall–Kier alpha value is -2.54. The standard InChI is InChI=1S/C19H30F2N4O11/c1-7(16(32)33)23-15(31)13-24-8(14(30)25-13)4-2-3-5-22-17(34)18(20,21)19(35)12(29)11(28)10(27)9(6-26)36-19/h7-13,24,26-29,35H,2-6H2,1H3,(H,22,34)(H,23,31)(H,25,30)(H,32,33)/t7-,8-,9+,10-,11-,12+,13+,19+/m0/s1. The second kappa shape index (κ2) is 11.7. The second-order valence-corrected chi connectivity index (χ2v) is 8.52. The van der Waals surface area contributed by atoms with Crippen LogP contribution in [0.4, 0.5) is 8.78 Å². The van der Waals surface area contributed by atoms with Crippen LogP contribution in [-0.2, 0) is 23.9 Å². The Balaban J connectivity index is 1.82. The van der Waals surface area contributed by atoms with Gasteiger partial charge in [-0.25, -0.2) is 0 Å². The maximum Gasteiger partial charge on any atom is 0.379 e. The van der Waals surface area contributed by atoms with E-state index in [1.807, 2.05) is 5.32 Å². The van der Waals surface area contributed by atoms with Crippen LogP contribution in [0.3, 0.4) is 0 Å². The number of ether oxygens (including phenoxy) is 1. The summed E-state index contributed by atoms with van der Waals surface area (Å²) in [5.41, 5.74) is 0. The topological polar surface area (TPSA) is 247 Å². The molecule has 36 heavy (non-hydrogen) atoms. The van der Waals surface area contributed by atoms with E-state index in [9.17, 15) is 48.4 Å². The van der Waals surface area contributed by atoms with Crippen LogP contribution in [0.25, 0.3) is 0 Å². The van der Waals surface area contributed by atoms with E-state index in [2.05, 4.69) is 20.7 Å². The van der Waals surface area contributed by atoms with Gasteiger partial charge in [0.05, 0.1) is 12.6 Å². The predicted molar refractivity (Wildman–Crippen MR) is 111 cm³/mol. The van der Waals surface area contributed by atoms with E-state index < -0.39 is 84.7 Å². The summed E-state index contributed by atoms with van der Waals surface area (Å²) in [7, 11) is 0. The van der Waals surface area contributed by atoms with Crippen LogP contribution >= 0.6 is 0 Å². The van der Waals surface area contributed by atoms with E-state index in [1.165, 1.54) is 6.92 Å². The third-order valence-corrected chi connectivity index (χ3v) is 5.87. The molecule has 0 aromatic carbocycles. The molecule has 2 aliphatic rings. The molecular weight excluding hydrogens is 498 g/mol. The Bertz CT molecular complexity index is 848. The number of carbonyl (C=O) groups is 4. The van der Waals surface area contributed by atoms with Crippen LogP contribution < -0.4 is 21.3 Å². The lowest BCUT2D eigenvalue weighted by atomic mass is 9.88. The minimum Gasteiger partial charge on any atom is -0.480 e. The highest BCUT2D eigenvalue weighted by molar-refractivity contribution is 5.94. The van der Waals surface area contributed by atoms with Crippen molar-refractivity contribution in [3.63, 3.8) is 0 Å². The summed E-state index contributed by atoms with van der Waals surface area (Å²) in [4.78, 5) is 46.8. The molecule has 0 saturated carbocycles. The summed E-state index contributed by atoms with van der Waals surface area (Å²) in [5.74, 6) is -13.4. The number of nitrogens with one attached hydrogen (secondary N) is 4. The van der Waals surface area contributed by atoms with Gasteiger partial charge in [0.1, 0.15) is 30.5 Å². The summed E-state index contributed by atoms with van der Waals surface area (Å²) in [6.07, 6.45) is -9.80. The zero-order valence-corrected chi connectivity index (χ0v) is 19.1. The highest BCUT2D eigenvalue weighted by atomic mass is 19.3. The van der Waals surface area contributed by atoms with Crippen molar-refractivity contribution in [2.75, 3.05) is 13.2 Å². The number of carbonyl (C=O) groups excluding carboxylic acids is 3. The Labute approximate surface area is 202 Å². The summed E-state index contributed by atoms with van der Waals surface area (Å²) in [6.45, 7) is -0.221. The molecule has 2 fully saturated rings. The molecule has 0 aromatic rings. The fraction of sp³-hybridized carbons (Fsp3) is 0.789. The summed E-state index contributed by atoms with van der Waals surface area (Å²) in [6, 6.07) is -2.02. The highest BCUT2D eigenvalue weighted by Crippen LogP contribution is 2.40. The van der Waals surface area contributed by atoms with E-state index in [1.54, 1.807) is 0 Å². The van der Waals surface area contributed by atoms with Gasteiger partial charge in [0.15, 0.2) is 6.17 Å². The monoisotopic (exact) mass is 528 g/mol. The van der Waals surface area contributed by atoms with Crippen LogP contribution in [0.15, 0.2) is 0 Å². The molecular formula is C19H30F2N4O11. The molecule has 0 aliphatic carbocycles. The van der Waals surface area contributed by atoms with Crippen LogP contribution in [0.5, 0.6) is 0 Å². The normalized spacial score (nSPS) is 33.5. The SMILES string of the molecule is C[C@H](NC(=O)[C@H]1NC(=O)[C@H](CCCCNC(=O)C(F)(F)[C@]2(O)O[C@H](CO)[C@H](O)[C@H](O)[C@H]2O)N1)C(=O)O. The number of halogens is 2. The molecule has 15 nitrogen and oxygen atoms in total. The van der Waals surface area contributed by atoms with E-state index in [0.717, 1.165) is 0 Å². The number of carboxylic acid groups (broad SMARTS) is 1. The van der Waals surface area contributed by atoms with Crippen molar-refractivity contribution in [3.8, 4) is 0 Å². The van der Waals surface area contributed by atoms with Gasteiger partial charge in [0, 0.05) is 6.54 Å². The lowest BCUT2D eigenvalue weighted by molar-refractivity contribution is -0.401. The number of amides is 3. The Morgan fingerprint density at radius 1 is 1.19 bits per heavy atom. The summed E-state index contributed by atoms with van der Waals surface area (Å²) in [5, 5.41) is 66.3. The minimum absolute atomic E-state index is 0.0721. The summed E-state index contributed by atoms with van der Waals surface area (Å²) >= 11 is 0. The Morgan fingerprint density at radius 2 is 1.83 bits per heavy atom. The number of hydrogen-bond donors (Lipinski definition) is 10. The van der Waals surface area contributed by atoms with Gasteiger partial charge < -0.3 is 51.3 Å².